The molecule has 1 atom stereocenters. The Morgan fingerprint density at radius 2 is 2.47 bits per heavy atom. The van der Waals surface area contributed by atoms with Crippen molar-refractivity contribution in [2.45, 2.75) is 12.5 Å². The van der Waals surface area contributed by atoms with Gasteiger partial charge in [0, 0.05) is 24.9 Å². The molecule has 0 aliphatic carbocycles. The number of carboxylic acid groups (broad SMARTS) is 1. The van der Waals surface area contributed by atoms with E-state index in [0.717, 1.165) is 5.69 Å². The van der Waals surface area contributed by atoms with Crippen molar-refractivity contribution in [2.24, 2.45) is 0 Å². The maximum absolute atomic E-state index is 11.9. The molecule has 0 saturated carbocycles. The highest BCUT2D eigenvalue weighted by Crippen LogP contribution is 2.07. The van der Waals surface area contributed by atoms with Gasteiger partial charge in [-0.15, -0.1) is 11.3 Å². The van der Waals surface area contributed by atoms with Crippen LogP contribution >= 0.6 is 11.3 Å². The van der Waals surface area contributed by atoms with Crippen molar-refractivity contribution in [1.29, 1.82) is 0 Å². The Bertz CT molecular complexity index is 437. The number of carbonyl (C=O) groups excluding carboxylic acids is 1. The van der Waals surface area contributed by atoms with Crippen LogP contribution in [0.3, 0.4) is 0 Å². The van der Waals surface area contributed by atoms with Gasteiger partial charge in [-0.3, -0.25) is 0 Å². The molecule has 1 fully saturated rings. The molecule has 8 heteroatoms. The number of rotatable bonds is 4. The van der Waals surface area contributed by atoms with Crippen LogP contribution in [0.15, 0.2) is 10.9 Å². The fourth-order valence-corrected chi connectivity index (χ4v) is 2.40. The highest BCUT2D eigenvalue weighted by Gasteiger charge is 2.32. The molecular formula is C11H15N3O4S. The standard InChI is InChI=1S/C11H15N3O4S/c15-10(16)9-5-18-4-3-14(9)11(17)12-2-1-8-6-19-7-13-8/h6-7,9H,1-5H2,(H,12,17)(H,15,16). The van der Waals surface area contributed by atoms with Crippen molar-refractivity contribution >= 4 is 23.3 Å². The maximum Gasteiger partial charge on any atom is 0.328 e. The van der Waals surface area contributed by atoms with E-state index in [1.54, 1.807) is 5.51 Å². The summed E-state index contributed by atoms with van der Waals surface area (Å²) in [5.74, 6) is -1.05. The number of carboxylic acids is 1. The average Bonchev–Trinajstić information content (AvgIpc) is 2.91. The smallest absolute Gasteiger partial charge is 0.328 e. The van der Waals surface area contributed by atoms with Crippen molar-refractivity contribution in [2.75, 3.05) is 26.3 Å². The fourth-order valence-electron chi connectivity index (χ4n) is 1.81. The van der Waals surface area contributed by atoms with E-state index >= 15 is 0 Å². The zero-order valence-corrected chi connectivity index (χ0v) is 11.1. The van der Waals surface area contributed by atoms with E-state index < -0.39 is 12.0 Å². The first-order chi connectivity index (χ1) is 9.18. The van der Waals surface area contributed by atoms with E-state index in [0.29, 0.717) is 26.1 Å². The number of ether oxygens (including phenoxy) is 1. The molecule has 1 aromatic heterocycles. The molecule has 0 spiro atoms. The second-order valence-corrected chi connectivity index (χ2v) is 4.80. The number of hydrogen-bond donors (Lipinski definition) is 2. The summed E-state index contributed by atoms with van der Waals surface area (Å²) in [6, 6.07) is -1.28. The van der Waals surface area contributed by atoms with Gasteiger partial charge in [-0.05, 0) is 0 Å². The first-order valence-corrected chi connectivity index (χ1v) is 6.85. The highest BCUT2D eigenvalue weighted by molar-refractivity contribution is 7.07. The van der Waals surface area contributed by atoms with Gasteiger partial charge < -0.3 is 20.1 Å². The van der Waals surface area contributed by atoms with Crippen LogP contribution in [0.5, 0.6) is 0 Å². The van der Waals surface area contributed by atoms with E-state index in [2.05, 4.69) is 10.3 Å². The van der Waals surface area contributed by atoms with Crippen LogP contribution < -0.4 is 5.32 Å². The zero-order valence-electron chi connectivity index (χ0n) is 10.2. The highest BCUT2D eigenvalue weighted by atomic mass is 32.1. The Morgan fingerprint density at radius 1 is 1.63 bits per heavy atom. The predicted molar refractivity (Wildman–Crippen MR) is 68.2 cm³/mol. The monoisotopic (exact) mass is 285 g/mol. The van der Waals surface area contributed by atoms with E-state index in [1.807, 2.05) is 5.38 Å². The summed E-state index contributed by atoms with van der Waals surface area (Å²) >= 11 is 1.50. The molecule has 0 aromatic carbocycles. The van der Waals surface area contributed by atoms with Crippen LogP contribution in [0.1, 0.15) is 5.69 Å². The molecule has 2 heterocycles. The predicted octanol–water partition coefficient (Wildman–Crippen LogP) is 0.181. The van der Waals surface area contributed by atoms with E-state index in [-0.39, 0.29) is 12.6 Å². The van der Waals surface area contributed by atoms with Crippen molar-refractivity contribution in [1.82, 2.24) is 15.2 Å². The third-order valence-electron chi connectivity index (χ3n) is 2.82. The third kappa shape index (κ3) is 3.65. The van der Waals surface area contributed by atoms with E-state index in [1.165, 1.54) is 16.2 Å². The zero-order chi connectivity index (χ0) is 13.7. The van der Waals surface area contributed by atoms with Crippen LogP contribution in [-0.4, -0.2) is 59.3 Å². The summed E-state index contributed by atoms with van der Waals surface area (Å²) in [5, 5.41) is 13.6. The molecule has 2 rings (SSSR count). The largest absolute Gasteiger partial charge is 0.480 e. The minimum absolute atomic E-state index is 0.0365. The van der Waals surface area contributed by atoms with Gasteiger partial charge in [0.05, 0.1) is 24.4 Å². The van der Waals surface area contributed by atoms with Crippen molar-refractivity contribution in [3.63, 3.8) is 0 Å². The Labute approximate surface area is 114 Å². The molecule has 104 valence electrons. The molecular weight excluding hydrogens is 270 g/mol. The number of carbonyl (C=O) groups is 2. The molecule has 7 nitrogen and oxygen atoms in total. The number of aromatic nitrogens is 1. The minimum atomic E-state index is -1.05. The van der Waals surface area contributed by atoms with E-state index in [4.69, 9.17) is 9.84 Å². The van der Waals surface area contributed by atoms with E-state index in [9.17, 15) is 9.59 Å². The molecule has 0 bridgehead atoms. The fraction of sp³-hybridized carbons (Fsp3) is 0.545. The SMILES string of the molecule is O=C(O)C1COCCN1C(=O)NCCc1cscn1. The number of nitrogens with zero attached hydrogens (tertiary/aromatic N) is 2. The lowest BCUT2D eigenvalue weighted by atomic mass is 10.2. The molecule has 1 aliphatic rings. The molecule has 2 amide bonds. The van der Waals surface area contributed by atoms with Gasteiger partial charge in [0.2, 0.25) is 0 Å². The van der Waals surface area contributed by atoms with Gasteiger partial charge in [-0.25, -0.2) is 14.6 Å². The summed E-state index contributed by atoms with van der Waals surface area (Å²) in [7, 11) is 0. The van der Waals surface area contributed by atoms with Crippen LogP contribution in [0.25, 0.3) is 0 Å². The maximum atomic E-state index is 11.9. The van der Waals surface area contributed by atoms with Crippen molar-refractivity contribution in [3.05, 3.63) is 16.6 Å². The Hall–Kier alpha value is -1.67. The number of hydrogen-bond acceptors (Lipinski definition) is 5. The molecule has 1 unspecified atom stereocenters. The lowest BCUT2D eigenvalue weighted by molar-refractivity contribution is -0.147. The minimum Gasteiger partial charge on any atom is -0.480 e. The Balaban J connectivity index is 1.82. The van der Waals surface area contributed by atoms with Gasteiger partial charge in [0.15, 0.2) is 6.04 Å². The first-order valence-electron chi connectivity index (χ1n) is 5.90. The van der Waals surface area contributed by atoms with Crippen LogP contribution in [0.2, 0.25) is 0 Å². The number of thiazole rings is 1. The number of amides is 2. The summed E-state index contributed by atoms with van der Waals surface area (Å²) in [5.41, 5.74) is 2.65. The topological polar surface area (TPSA) is 91.8 Å². The molecule has 1 saturated heterocycles. The third-order valence-corrected chi connectivity index (χ3v) is 3.45. The summed E-state index contributed by atoms with van der Waals surface area (Å²) in [4.78, 5) is 28.3. The summed E-state index contributed by atoms with van der Waals surface area (Å²) < 4.78 is 5.08. The quantitative estimate of drug-likeness (QED) is 0.823. The van der Waals surface area contributed by atoms with Gasteiger partial charge in [0.25, 0.3) is 0 Å². The second-order valence-electron chi connectivity index (χ2n) is 4.08. The number of urea groups is 1. The number of aliphatic carboxylic acids is 1. The summed E-state index contributed by atoms with van der Waals surface area (Å²) in [6.45, 7) is 1.13. The number of morpholine rings is 1. The number of nitrogens with one attached hydrogen (secondary N) is 1. The van der Waals surface area contributed by atoms with Gasteiger partial charge >= 0.3 is 12.0 Å². The van der Waals surface area contributed by atoms with Crippen LogP contribution in [0, 0.1) is 0 Å². The molecule has 0 radical (unpaired) electrons. The Morgan fingerprint density at radius 3 is 3.16 bits per heavy atom. The normalized spacial score (nSPS) is 19.2. The van der Waals surface area contributed by atoms with Crippen molar-refractivity contribution in [3.8, 4) is 0 Å². The summed E-state index contributed by atoms with van der Waals surface area (Å²) in [6.07, 6.45) is 0.636. The second kappa shape index (κ2) is 6.48. The van der Waals surface area contributed by atoms with Crippen LogP contribution in [-0.2, 0) is 16.0 Å². The van der Waals surface area contributed by atoms with Crippen molar-refractivity contribution < 1.29 is 19.4 Å². The molecule has 2 N–H and O–H groups in total. The average molecular weight is 285 g/mol. The lowest BCUT2D eigenvalue weighted by Gasteiger charge is -2.32. The van der Waals surface area contributed by atoms with Gasteiger partial charge in [-0.1, -0.05) is 0 Å². The molecule has 1 aromatic rings. The first kappa shape index (κ1) is 13.8. The van der Waals surface area contributed by atoms with Gasteiger partial charge in [-0.2, -0.15) is 0 Å². The Kier molecular flexibility index (Phi) is 4.69. The van der Waals surface area contributed by atoms with Crippen LogP contribution in [0.4, 0.5) is 4.79 Å². The lowest BCUT2D eigenvalue weighted by Crippen LogP contribution is -2.55. The molecule has 19 heavy (non-hydrogen) atoms. The van der Waals surface area contributed by atoms with Gasteiger partial charge in [0.1, 0.15) is 0 Å². The molecule has 1 aliphatic heterocycles.